The van der Waals surface area contributed by atoms with Gasteiger partial charge in [0.1, 0.15) is 0 Å². The maximum Gasteiger partial charge on any atom is 0.335 e. The number of carboxylic acid groups (broad SMARTS) is 1. The molecule has 1 saturated heterocycles. The van der Waals surface area contributed by atoms with Gasteiger partial charge in [-0.25, -0.2) is 9.59 Å². The number of carboxylic acids is 1. The average Bonchev–Trinajstić information content (AvgIpc) is 2.73. The highest BCUT2D eigenvalue weighted by Crippen LogP contribution is 2.49. The second-order valence-corrected chi connectivity index (χ2v) is 5.63. The lowest BCUT2D eigenvalue weighted by Gasteiger charge is -2.39. The second-order valence-electron chi connectivity index (χ2n) is 5.63. The van der Waals surface area contributed by atoms with Crippen LogP contribution >= 0.6 is 0 Å². The van der Waals surface area contributed by atoms with E-state index in [2.05, 4.69) is 0 Å². The lowest BCUT2D eigenvalue weighted by atomic mass is 9.68. The number of carbonyl (C=O) groups is 2. The number of rotatable bonds is 2. The number of methoxy groups -OCH3 is 1. The SMILES string of the molecule is COC(=O)C1=C(C(=O)O)[C@@H]2C=C[C@H]1[C@@H]1OC(C)(C)O[C@@H]12. The summed E-state index contributed by atoms with van der Waals surface area (Å²) in [5.41, 5.74) is 0.238. The van der Waals surface area contributed by atoms with E-state index in [0.29, 0.717) is 0 Å². The lowest BCUT2D eigenvalue weighted by Crippen LogP contribution is -2.48. The standard InChI is InChI=1S/C14H16O6/c1-14(2)19-10-6-4-5-7(11(10)20-14)9(13(17)18-3)8(6)12(15)16/h4-7,10-11H,1-3H3,(H,15,16)/t6-,7+,10+,11-/m0/s1. The largest absolute Gasteiger partial charge is 0.478 e. The van der Waals surface area contributed by atoms with Crippen molar-refractivity contribution in [1.82, 2.24) is 0 Å². The van der Waals surface area contributed by atoms with Gasteiger partial charge in [-0.15, -0.1) is 0 Å². The molecule has 2 bridgehead atoms. The molecule has 0 radical (unpaired) electrons. The van der Waals surface area contributed by atoms with Gasteiger partial charge in [0.2, 0.25) is 0 Å². The summed E-state index contributed by atoms with van der Waals surface area (Å²) in [6, 6.07) is 0. The first-order valence-corrected chi connectivity index (χ1v) is 6.45. The zero-order valence-electron chi connectivity index (χ0n) is 11.5. The van der Waals surface area contributed by atoms with Gasteiger partial charge in [-0.1, -0.05) is 12.2 Å². The molecular weight excluding hydrogens is 264 g/mol. The number of esters is 1. The van der Waals surface area contributed by atoms with Gasteiger partial charge < -0.3 is 19.3 Å². The summed E-state index contributed by atoms with van der Waals surface area (Å²) in [7, 11) is 1.24. The van der Waals surface area contributed by atoms with Crippen molar-refractivity contribution in [2.75, 3.05) is 7.11 Å². The highest BCUT2D eigenvalue weighted by molar-refractivity contribution is 6.02. The number of hydrogen-bond acceptors (Lipinski definition) is 5. The molecule has 1 aliphatic heterocycles. The van der Waals surface area contributed by atoms with Crippen molar-refractivity contribution in [3.8, 4) is 0 Å². The Kier molecular flexibility index (Phi) is 2.78. The maximum absolute atomic E-state index is 11.9. The molecule has 1 N–H and O–H groups in total. The smallest absolute Gasteiger partial charge is 0.335 e. The first-order valence-electron chi connectivity index (χ1n) is 6.45. The zero-order valence-corrected chi connectivity index (χ0v) is 11.5. The Morgan fingerprint density at radius 1 is 1.15 bits per heavy atom. The van der Waals surface area contributed by atoms with Gasteiger partial charge in [0, 0.05) is 11.8 Å². The summed E-state index contributed by atoms with van der Waals surface area (Å²) in [6.45, 7) is 3.56. The van der Waals surface area contributed by atoms with Crippen LogP contribution in [-0.2, 0) is 23.8 Å². The zero-order chi connectivity index (χ0) is 14.7. The van der Waals surface area contributed by atoms with E-state index in [9.17, 15) is 14.7 Å². The van der Waals surface area contributed by atoms with Crippen molar-refractivity contribution in [3.05, 3.63) is 23.3 Å². The predicted molar refractivity (Wildman–Crippen MR) is 66.6 cm³/mol. The summed E-state index contributed by atoms with van der Waals surface area (Å²) >= 11 is 0. The van der Waals surface area contributed by atoms with Gasteiger partial charge in [-0.05, 0) is 13.8 Å². The molecule has 0 saturated carbocycles. The minimum Gasteiger partial charge on any atom is -0.478 e. The number of ether oxygens (including phenoxy) is 3. The van der Waals surface area contributed by atoms with Crippen LogP contribution in [0.4, 0.5) is 0 Å². The van der Waals surface area contributed by atoms with Crippen LogP contribution in [0.15, 0.2) is 23.3 Å². The summed E-state index contributed by atoms with van der Waals surface area (Å²) in [5.74, 6) is -3.44. The highest BCUT2D eigenvalue weighted by Gasteiger charge is 2.57. The van der Waals surface area contributed by atoms with E-state index < -0.39 is 29.6 Å². The molecule has 0 amide bonds. The fraction of sp³-hybridized carbons (Fsp3) is 0.571. The summed E-state index contributed by atoms with van der Waals surface area (Å²) in [5, 5.41) is 9.43. The summed E-state index contributed by atoms with van der Waals surface area (Å²) in [6.07, 6.45) is 2.87. The average molecular weight is 280 g/mol. The third kappa shape index (κ3) is 1.72. The maximum atomic E-state index is 11.9. The van der Waals surface area contributed by atoms with Crippen LogP contribution in [0.5, 0.6) is 0 Å². The van der Waals surface area contributed by atoms with Crippen molar-refractivity contribution in [1.29, 1.82) is 0 Å². The van der Waals surface area contributed by atoms with Gasteiger partial charge in [-0.3, -0.25) is 0 Å². The first kappa shape index (κ1) is 13.3. The Bertz CT molecular complexity index is 544. The minimum absolute atomic E-state index is 0.0619. The molecule has 0 aromatic rings. The van der Waals surface area contributed by atoms with Gasteiger partial charge >= 0.3 is 11.9 Å². The molecule has 0 spiro atoms. The van der Waals surface area contributed by atoms with Crippen molar-refractivity contribution < 1.29 is 28.9 Å². The molecule has 6 nitrogen and oxygen atoms in total. The highest BCUT2D eigenvalue weighted by atomic mass is 16.8. The van der Waals surface area contributed by atoms with Crippen LogP contribution < -0.4 is 0 Å². The molecule has 4 rings (SSSR count). The molecule has 1 fully saturated rings. The molecule has 0 unspecified atom stereocenters. The monoisotopic (exact) mass is 280 g/mol. The van der Waals surface area contributed by atoms with Crippen LogP contribution in [0.1, 0.15) is 13.8 Å². The Balaban J connectivity index is 2.09. The Hall–Kier alpha value is -1.66. The van der Waals surface area contributed by atoms with Crippen LogP contribution in [0.25, 0.3) is 0 Å². The Labute approximate surface area is 116 Å². The summed E-state index contributed by atoms with van der Waals surface area (Å²) < 4.78 is 16.4. The second kappa shape index (κ2) is 4.17. The Morgan fingerprint density at radius 3 is 2.10 bits per heavy atom. The van der Waals surface area contributed by atoms with Gasteiger partial charge in [0.15, 0.2) is 5.79 Å². The van der Waals surface area contributed by atoms with Crippen molar-refractivity contribution in [2.45, 2.75) is 31.8 Å². The normalized spacial score (nSPS) is 37.0. The van der Waals surface area contributed by atoms with Crippen LogP contribution in [0.3, 0.4) is 0 Å². The van der Waals surface area contributed by atoms with Crippen LogP contribution in [-0.4, -0.2) is 42.1 Å². The van der Waals surface area contributed by atoms with Crippen LogP contribution in [0, 0.1) is 11.8 Å². The quantitative estimate of drug-likeness (QED) is 0.597. The molecule has 0 aromatic heterocycles. The van der Waals surface area contributed by atoms with Crippen LogP contribution in [0.2, 0.25) is 0 Å². The fourth-order valence-electron chi connectivity index (χ4n) is 3.32. The molecular formula is C14H16O6. The molecule has 6 heteroatoms. The number of carbonyl (C=O) groups excluding carboxylic acids is 1. The summed E-state index contributed by atoms with van der Waals surface area (Å²) in [4.78, 5) is 23.5. The third-order valence-corrected chi connectivity index (χ3v) is 3.99. The lowest BCUT2D eigenvalue weighted by molar-refractivity contribution is -0.149. The van der Waals surface area contributed by atoms with Crippen molar-refractivity contribution in [3.63, 3.8) is 0 Å². The minimum atomic E-state index is -1.11. The van der Waals surface area contributed by atoms with E-state index in [0.717, 1.165) is 0 Å². The molecule has 0 aromatic carbocycles. The Morgan fingerprint density at radius 2 is 1.65 bits per heavy atom. The fourth-order valence-corrected chi connectivity index (χ4v) is 3.32. The van der Waals surface area contributed by atoms with E-state index in [1.165, 1.54) is 7.11 Å². The molecule has 4 aliphatic rings. The van der Waals surface area contributed by atoms with E-state index in [4.69, 9.17) is 14.2 Å². The van der Waals surface area contributed by atoms with Crippen molar-refractivity contribution in [2.24, 2.45) is 11.8 Å². The molecule has 108 valence electrons. The molecule has 20 heavy (non-hydrogen) atoms. The van der Waals surface area contributed by atoms with Crippen molar-refractivity contribution >= 4 is 11.9 Å². The number of hydrogen-bond donors (Lipinski definition) is 1. The van der Waals surface area contributed by atoms with Gasteiger partial charge in [0.05, 0.1) is 30.5 Å². The topological polar surface area (TPSA) is 82.1 Å². The first-order chi connectivity index (χ1) is 9.35. The van der Waals surface area contributed by atoms with Gasteiger partial charge in [-0.2, -0.15) is 0 Å². The molecule has 1 heterocycles. The predicted octanol–water partition coefficient (Wildman–Crippen LogP) is 0.876. The van der Waals surface area contributed by atoms with E-state index in [1.54, 1.807) is 19.9 Å². The van der Waals surface area contributed by atoms with E-state index >= 15 is 0 Å². The number of aliphatic carboxylic acids is 1. The molecule has 4 atom stereocenters. The third-order valence-electron chi connectivity index (χ3n) is 3.99. The van der Waals surface area contributed by atoms with E-state index in [-0.39, 0.29) is 23.4 Å². The van der Waals surface area contributed by atoms with Gasteiger partial charge in [0.25, 0.3) is 0 Å². The molecule has 3 aliphatic carbocycles. The van der Waals surface area contributed by atoms with E-state index in [1.807, 2.05) is 6.08 Å².